The molecule has 4 aliphatic rings. The minimum atomic E-state index is -3.22. The summed E-state index contributed by atoms with van der Waals surface area (Å²) >= 11 is 12.5. The van der Waals surface area contributed by atoms with Crippen LogP contribution in [0.1, 0.15) is 119 Å². The molecule has 2 amide bonds. The zero-order chi connectivity index (χ0) is 53.0. The predicted molar refractivity (Wildman–Crippen MR) is 315 cm³/mol. The first-order chi connectivity index (χ1) is 35.3. The molecular formula is C55H69BrClN6O8PS4. The number of amides is 2. The molecule has 21 heteroatoms. The largest absolute Gasteiger partial charge is 0.473 e. The summed E-state index contributed by atoms with van der Waals surface area (Å²) in [6.07, 6.45) is 10.7. The number of hydrogen-bond donors (Lipinski definition) is 0. The van der Waals surface area contributed by atoms with Crippen molar-refractivity contribution in [3.63, 3.8) is 0 Å². The fourth-order valence-electron chi connectivity index (χ4n) is 10.5. The summed E-state index contributed by atoms with van der Waals surface area (Å²) in [5.74, 6) is 0.311. The van der Waals surface area contributed by atoms with Crippen LogP contribution in [0.5, 0.6) is 10.4 Å². The number of aromatic nitrogens is 4. The second-order valence-electron chi connectivity index (χ2n) is 19.2. The summed E-state index contributed by atoms with van der Waals surface area (Å²) in [6, 6.07) is 21.4. The average Bonchev–Trinajstić information content (AvgIpc) is 4.31. The SMILES string of the molecule is C.CCS(=O)(=O)c1ccc(CCC(=O)N2CC3(CCCC3)c3nc(-c4sc(OC)nc4C)ccc32)cc1.CCS(=O)(=O)c1ccc(CCC(=O)N2CC3(CCCC3)c3nc(Cl)ccc32)cc1.COc1nc(C)c(Br)s1.P. The number of thiazole rings is 2. The zero-order valence-corrected chi connectivity index (χ0v) is 50.3. The molecular weight excluding hydrogens is 1150 g/mol. The molecule has 4 aromatic heterocycles. The Labute approximate surface area is 473 Å². The lowest BCUT2D eigenvalue weighted by atomic mass is 9.84. The van der Waals surface area contributed by atoms with Gasteiger partial charge in [0.1, 0.15) is 5.15 Å². The van der Waals surface area contributed by atoms with Crippen LogP contribution in [0.25, 0.3) is 10.6 Å². The Morgan fingerprint density at radius 2 is 1.05 bits per heavy atom. The third-order valence-electron chi connectivity index (χ3n) is 14.6. The van der Waals surface area contributed by atoms with Gasteiger partial charge in [-0.25, -0.2) is 36.8 Å². The molecule has 410 valence electrons. The van der Waals surface area contributed by atoms with Gasteiger partial charge >= 0.3 is 0 Å². The molecule has 2 aliphatic heterocycles. The summed E-state index contributed by atoms with van der Waals surface area (Å²) < 4.78 is 59.3. The third-order valence-corrected chi connectivity index (χ3v) is 21.4. The van der Waals surface area contributed by atoms with Gasteiger partial charge in [-0.3, -0.25) is 9.59 Å². The van der Waals surface area contributed by atoms with Crippen molar-refractivity contribution in [1.29, 1.82) is 0 Å². The van der Waals surface area contributed by atoms with E-state index in [4.69, 9.17) is 26.1 Å². The molecule has 6 aromatic rings. The Balaban J connectivity index is 0.000000210. The number of anilines is 2. The Hall–Kier alpha value is -4.36. The number of sulfone groups is 2. The number of carbonyl (C=O) groups excluding carboxylic acids is 2. The molecule has 2 spiro atoms. The van der Waals surface area contributed by atoms with E-state index in [0.717, 1.165) is 111 Å². The number of methoxy groups -OCH3 is 2. The Morgan fingerprint density at radius 3 is 1.45 bits per heavy atom. The van der Waals surface area contributed by atoms with Crippen LogP contribution in [0.4, 0.5) is 11.4 Å². The molecule has 2 aromatic carbocycles. The standard InChI is InChI=1S/C27H31N3O4S2.C22H25ClN2O3S.C5H6BrNOS.CH4.H3P/c1-4-36(32,33)20-10-7-19(8-11-20)9-14-23(31)30-17-27(15-5-6-16-27)25-22(30)13-12-21(29-25)24-18(2)28-26(34-3)35-24;1-2-29(27,28)17-8-5-16(6-9-17)7-12-20(26)25-15-22(13-3-4-14-22)21-18(25)10-11-19(23)24-21;1-3-4(6)9-5(7-3)8-2;;/h7-8,10-13H,4-6,9,14-17H2,1-3H3;5-6,8-11H,2-4,7,12-15H2,1H3;1-2H3;1H4;1H3. The van der Waals surface area contributed by atoms with Crippen LogP contribution in [0.2, 0.25) is 5.15 Å². The van der Waals surface area contributed by atoms with Crippen LogP contribution in [0.3, 0.4) is 0 Å². The first kappa shape index (κ1) is 60.9. The second-order valence-corrected chi connectivity index (χ2v) is 27.4. The fraction of sp³-hybridized carbons (Fsp3) is 0.455. The van der Waals surface area contributed by atoms with E-state index in [9.17, 15) is 26.4 Å². The van der Waals surface area contributed by atoms with Crippen LogP contribution in [0, 0.1) is 13.8 Å². The lowest BCUT2D eigenvalue weighted by molar-refractivity contribution is -0.119. The molecule has 2 fully saturated rings. The van der Waals surface area contributed by atoms with Crippen molar-refractivity contribution in [2.75, 3.05) is 48.6 Å². The molecule has 14 nitrogen and oxygen atoms in total. The van der Waals surface area contributed by atoms with Crippen LogP contribution >= 0.6 is 60.1 Å². The topological polar surface area (TPSA) is 179 Å². The van der Waals surface area contributed by atoms with Crippen LogP contribution in [-0.2, 0) is 52.9 Å². The monoisotopic (exact) mass is 1210 g/mol. The molecule has 2 aliphatic carbocycles. The Bertz CT molecular complexity index is 3220. The summed E-state index contributed by atoms with van der Waals surface area (Å²) in [6.45, 7) is 8.53. The quantitative estimate of drug-likeness (QED) is 0.0790. The average molecular weight is 1220 g/mol. The molecule has 2 saturated carbocycles. The highest BCUT2D eigenvalue weighted by Crippen LogP contribution is 2.52. The Kier molecular flexibility index (Phi) is 20.5. The van der Waals surface area contributed by atoms with Gasteiger partial charge in [0.05, 0.1) is 84.0 Å². The van der Waals surface area contributed by atoms with Crippen LogP contribution in [-0.4, -0.2) is 87.4 Å². The maximum Gasteiger partial charge on any atom is 0.274 e. The van der Waals surface area contributed by atoms with Gasteiger partial charge < -0.3 is 19.3 Å². The zero-order valence-electron chi connectivity index (χ0n) is 43.3. The maximum atomic E-state index is 13.4. The smallest absolute Gasteiger partial charge is 0.274 e. The van der Waals surface area contributed by atoms with E-state index < -0.39 is 19.7 Å². The molecule has 10 rings (SSSR count). The fourth-order valence-corrected chi connectivity index (χ4v) is 14.3. The number of hydrogen-bond acceptors (Lipinski definition) is 14. The van der Waals surface area contributed by atoms with Crippen LogP contribution in [0.15, 0.2) is 86.4 Å². The number of rotatable bonds is 13. The number of carbonyl (C=O) groups is 2. The third kappa shape index (κ3) is 13.2. The molecule has 6 heterocycles. The molecule has 1 unspecified atom stereocenters. The number of nitrogens with zero attached hydrogens (tertiary/aromatic N) is 6. The molecule has 0 N–H and O–H groups in total. The highest BCUT2D eigenvalue weighted by Gasteiger charge is 2.49. The second kappa shape index (κ2) is 25.6. The minimum absolute atomic E-state index is 0. The number of halogens is 2. The minimum Gasteiger partial charge on any atom is -0.473 e. The van der Waals surface area contributed by atoms with Gasteiger partial charge in [0.25, 0.3) is 10.4 Å². The highest BCUT2D eigenvalue weighted by atomic mass is 79.9. The lowest BCUT2D eigenvalue weighted by Crippen LogP contribution is -2.35. The molecule has 0 saturated heterocycles. The predicted octanol–water partition coefficient (Wildman–Crippen LogP) is 12.3. The Morgan fingerprint density at radius 1 is 0.632 bits per heavy atom. The number of aryl methyl sites for hydroxylation is 4. The van der Waals surface area contributed by atoms with Crippen molar-refractivity contribution in [1.82, 2.24) is 19.9 Å². The molecule has 0 radical (unpaired) electrons. The summed E-state index contributed by atoms with van der Waals surface area (Å²) in [5, 5.41) is 1.81. The van der Waals surface area contributed by atoms with Crippen molar-refractivity contribution in [2.24, 2.45) is 0 Å². The molecule has 76 heavy (non-hydrogen) atoms. The maximum absolute atomic E-state index is 13.4. The van der Waals surface area contributed by atoms with E-state index >= 15 is 0 Å². The van der Waals surface area contributed by atoms with E-state index in [0.29, 0.717) is 64.1 Å². The van der Waals surface area contributed by atoms with E-state index in [1.807, 2.05) is 54.0 Å². The highest BCUT2D eigenvalue weighted by molar-refractivity contribution is 9.11. The van der Waals surface area contributed by atoms with Gasteiger partial charge in [0.2, 0.25) is 11.8 Å². The van der Waals surface area contributed by atoms with Crippen LogP contribution < -0.4 is 19.3 Å². The molecule has 0 bridgehead atoms. The number of fused-ring (bicyclic) bond motifs is 4. The summed E-state index contributed by atoms with van der Waals surface area (Å²) in [4.78, 5) is 50.2. The van der Waals surface area contributed by atoms with E-state index in [1.165, 1.54) is 22.7 Å². The van der Waals surface area contributed by atoms with Gasteiger partial charge in [0, 0.05) is 36.8 Å². The van der Waals surface area contributed by atoms with Gasteiger partial charge in [-0.15, -0.1) is 0 Å². The first-order valence-corrected chi connectivity index (χ1v) is 31.1. The van der Waals surface area contributed by atoms with E-state index in [2.05, 4.69) is 30.9 Å². The van der Waals surface area contributed by atoms with E-state index in [1.54, 1.807) is 70.5 Å². The number of benzene rings is 2. The van der Waals surface area contributed by atoms with Gasteiger partial charge in [0.15, 0.2) is 19.7 Å². The summed E-state index contributed by atoms with van der Waals surface area (Å²) in [5.41, 5.74) is 8.37. The van der Waals surface area contributed by atoms with Crippen molar-refractivity contribution < 1.29 is 35.9 Å². The van der Waals surface area contributed by atoms with Crippen molar-refractivity contribution >= 4 is 103 Å². The van der Waals surface area contributed by atoms with E-state index in [-0.39, 0.29) is 51.5 Å². The normalized spacial score (nSPS) is 15.7. The van der Waals surface area contributed by atoms with Gasteiger partial charge in [-0.1, -0.05) is 105 Å². The van der Waals surface area contributed by atoms with Crippen molar-refractivity contribution in [2.45, 2.75) is 133 Å². The van der Waals surface area contributed by atoms with Gasteiger partial charge in [-0.05, 0) is 128 Å². The van der Waals surface area contributed by atoms with Crippen molar-refractivity contribution in [3.05, 3.63) is 116 Å². The number of ether oxygens (including phenoxy) is 2. The number of pyridine rings is 2. The summed E-state index contributed by atoms with van der Waals surface area (Å²) in [7, 11) is -3.19. The van der Waals surface area contributed by atoms with Crippen molar-refractivity contribution in [3.8, 4) is 21.0 Å². The molecule has 1 atom stereocenters. The first-order valence-electron chi connectivity index (χ1n) is 25.0. The lowest BCUT2D eigenvalue weighted by Gasteiger charge is -2.24. The van der Waals surface area contributed by atoms with Gasteiger partial charge in [-0.2, -0.15) is 9.90 Å².